The number of hydrogen-bond donors (Lipinski definition) is 0. The Morgan fingerprint density at radius 1 is 1.08 bits per heavy atom. The molecule has 0 radical (unpaired) electrons. The Bertz CT molecular complexity index is 547. The van der Waals surface area contributed by atoms with E-state index in [1.165, 1.54) is 50.5 Å². The first-order chi connectivity index (χ1) is 10.2. The van der Waals surface area contributed by atoms with Crippen LogP contribution in [-0.4, -0.2) is 9.52 Å². The molecule has 1 saturated carbocycles. The fraction of sp³-hybridized carbons (Fsp3) is 0.550. The van der Waals surface area contributed by atoms with Crippen LogP contribution in [0.4, 0.5) is 0 Å². The molecule has 2 aliphatic carbocycles. The topological polar surface area (TPSA) is 0 Å². The van der Waals surface area contributed by atoms with Gasteiger partial charge in [-0.1, -0.05) is 70.3 Å². The first-order valence-electron chi connectivity index (χ1n) is 8.75. The molecule has 1 unspecified atom stereocenters. The van der Waals surface area contributed by atoms with Gasteiger partial charge in [-0.25, -0.2) is 6.07 Å². The molecule has 2 aliphatic rings. The van der Waals surface area contributed by atoms with E-state index >= 15 is 0 Å². The Morgan fingerprint density at radius 3 is 2.28 bits per heavy atom. The van der Waals surface area contributed by atoms with Gasteiger partial charge in [0.1, 0.15) is 0 Å². The van der Waals surface area contributed by atoms with Crippen LogP contribution in [0, 0.1) is 19.8 Å². The maximum atomic E-state index is 2.58. The van der Waals surface area contributed by atoms with Gasteiger partial charge in [0.15, 0.2) is 0 Å². The number of hydrogen-bond acceptors (Lipinski definition) is 0. The van der Waals surface area contributed by atoms with Crippen molar-refractivity contribution in [3.8, 4) is 0 Å². The summed E-state index contributed by atoms with van der Waals surface area (Å²) in [5, 5.41) is 2.23. The minimum Gasteiger partial charge on any atom is -1.00 e. The van der Waals surface area contributed by atoms with Crippen molar-refractivity contribution < 1.29 is 58.9 Å². The summed E-state index contributed by atoms with van der Waals surface area (Å²) in [6, 6.07) is 4.75. The molecule has 0 N–H and O–H groups in total. The van der Waals surface area contributed by atoms with Crippen molar-refractivity contribution in [1.29, 1.82) is 0 Å². The molecule has 1 aromatic rings. The van der Waals surface area contributed by atoms with Crippen LogP contribution in [0.2, 0.25) is 5.04 Å². The van der Waals surface area contributed by atoms with Crippen LogP contribution in [0.3, 0.4) is 0 Å². The van der Waals surface area contributed by atoms with Gasteiger partial charge in [0.05, 0.1) is 0 Å². The molecule has 1 fully saturated rings. The molecule has 0 amide bonds. The molecule has 25 heavy (non-hydrogen) atoms. The van der Waals surface area contributed by atoms with Crippen LogP contribution in [0.1, 0.15) is 56.1 Å². The predicted octanol–water partition coefficient (Wildman–Crippen LogP) is -4.53. The molecule has 0 heterocycles. The first kappa shape index (κ1) is 27.8. The smallest absolute Gasteiger partial charge is 1.00 e. The Kier molecular flexibility index (Phi) is 14.4. The monoisotopic (exact) mass is 450 g/mol. The van der Waals surface area contributed by atoms with E-state index < -0.39 is 0 Å². The maximum Gasteiger partial charge on any atom is 4.00 e. The van der Waals surface area contributed by atoms with E-state index in [1.54, 1.807) is 10.8 Å². The first-order valence-corrected chi connectivity index (χ1v) is 10.2. The largest absolute Gasteiger partial charge is 4.00 e. The quantitative estimate of drug-likeness (QED) is 0.320. The fourth-order valence-electron chi connectivity index (χ4n) is 4.33. The zero-order chi connectivity index (χ0) is 14.7. The third kappa shape index (κ3) is 7.28. The molecule has 3 rings (SSSR count). The van der Waals surface area contributed by atoms with E-state index in [9.17, 15) is 0 Å². The van der Waals surface area contributed by atoms with Crippen molar-refractivity contribution in [1.82, 2.24) is 0 Å². The molecular formula is C20H29Cl3SiTi. The third-order valence-electron chi connectivity index (χ3n) is 5.79. The number of halogens is 3. The average Bonchev–Trinajstić information content (AvgIpc) is 2.81. The Morgan fingerprint density at radius 2 is 1.76 bits per heavy atom. The average molecular weight is 452 g/mol. The SMILES string of the molecule is Cc1cc[c-]([SiH2]C2(CC3CCCCC3)C=CC=CC2)c1C.[Cl-].[Cl-].[Cl-].[Ti+4]. The summed E-state index contributed by atoms with van der Waals surface area (Å²) >= 11 is 0. The van der Waals surface area contributed by atoms with Gasteiger partial charge in [-0.15, -0.1) is 0 Å². The van der Waals surface area contributed by atoms with Crippen molar-refractivity contribution >= 4 is 14.7 Å². The van der Waals surface area contributed by atoms with Crippen molar-refractivity contribution in [3.63, 3.8) is 0 Å². The van der Waals surface area contributed by atoms with Crippen LogP contribution in [-0.2, 0) is 21.7 Å². The van der Waals surface area contributed by atoms with Gasteiger partial charge in [-0.2, -0.15) is 22.4 Å². The molecule has 0 aliphatic heterocycles. The second-order valence-electron chi connectivity index (χ2n) is 7.41. The molecule has 5 heteroatoms. The Balaban J connectivity index is 0. The molecule has 1 atom stereocenters. The van der Waals surface area contributed by atoms with E-state index in [-0.39, 0.29) is 68.5 Å². The van der Waals surface area contributed by atoms with Gasteiger partial charge in [0, 0.05) is 9.52 Å². The molecule has 0 aromatic heterocycles. The van der Waals surface area contributed by atoms with Crippen LogP contribution in [0.25, 0.3) is 0 Å². The molecule has 0 spiro atoms. The van der Waals surface area contributed by atoms with Gasteiger partial charge >= 0.3 is 21.7 Å². The molecule has 138 valence electrons. The maximum absolute atomic E-state index is 2.58. The van der Waals surface area contributed by atoms with E-state index in [0.29, 0.717) is 5.04 Å². The van der Waals surface area contributed by atoms with Crippen LogP contribution in [0.5, 0.6) is 0 Å². The number of allylic oxidation sites excluding steroid dienone is 4. The van der Waals surface area contributed by atoms with Gasteiger partial charge in [0.2, 0.25) is 0 Å². The van der Waals surface area contributed by atoms with Gasteiger partial charge in [-0.3, -0.25) is 0 Å². The van der Waals surface area contributed by atoms with E-state index in [0.717, 1.165) is 5.92 Å². The van der Waals surface area contributed by atoms with Crippen LogP contribution in [0.15, 0.2) is 36.4 Å². The van der Waals surface area contributed by atoms with Gasteiger partial charge in [-0.05, 0) is 23.8 Å². The van der Waals surface area contributed by atoms with Crippen molar-refractivity contribution in [3.05, 3.63) is 47.6 Å². The predicted molar refractivity (Wildman–Crippen MR) is 96.5 cm³/mol. The molecule has 1 aromatic carbocycles. The summed E-state index contributed by atoms with van der Waals surface area (Å²) in [6.07, 6.45) is 19.7. The molecule has 0 nitrogen and oxygen atoms in total. The minimum atomic E-state index is -0.255. The fourth-order valence-corrected chi connectivity index (χ4v) is 6.99. The number of rotatable bonds is 4. The van der Waals surface area contributed by atoms with E-state index in [1.807, 2.05) is 0 Å². The Hall–Kier alpha value is 0.631. The zero-order valence-electron chi connectivity index (χ0n) is 15.3. The zero-order valence-corrected chi connectivity index (χ0v) is 20.6. The third-order valence-corrected chi connectivity index (χ3v) is 8.46. The summed E-state index contributed by atoms with van der Waals surface area (Å²) in [6.45, 7) is 4.59. The second-order valence-corrected chi connectivity index (χ2v) is 9.93. The summed E-state index contributed by atoms with van der Waals surface area (Å²) in [4.78, 5) is 0. The summed E-state index contributed by atoms with van der Waals surface area (Å²) in [7, 11) is -0.255. The summed E-state index contributed by atoms with van der Waals surface area (Å²) in [5.41, 5.74) is 3.06. The number of aryl methyl sites for hydroxylation is 1. The van der Waals surface area contributed by atoms with E-state index in [4.69, 9.17) is 0 Å². The summed E-state index contributed by atoms with van der Waals surface area (Å²) in [5.74, 6) is 0.985. The van der Waals surface area contributed by atoms with Gasteiger partial charge < -0.3 is 37.2 Å². The Labute approximate surface area is 190 Å². The van der Waals surface area contributed by atoms with Crippen molar-refractivity contribution in [2.75, 3.05) is 0 Å². The van der Waals surface area contributed by atoms with Crippen LogP contribution >= 0.6 is 0 Å². The molecule has 0 saturated heterocycles. The van der Waals surface area contributed by atoms with Gasteiger partial charge in [0.25, 0.3) is 0 Å². The normalized spacial score (nSPS) is 22.6. The standard InChI is InChI=1S/C20H29Si.3ClH.Ti/c1-16-11-12-19(17(16)2)21-20(13-7-4-8-14-20)15-18-9-5-3-6-10-18;;;;/h4,7-8,11-13,18H,3,5-6,9-10,14-15,21H2,1-2H3;3*1H;/q-1;;;;+4/p-3. The molecule has 0 bridgehead atoms. The second kappa shape index (κ2) is 12.9. The van der Waals surface area contributed by atoms with Crippen LogP contribution < -0.4 is 42.4 Å². The molecular weight excluding hydrogens is 423 g/mol. The minimum absolute atomic E-state index is 0. The summed E-state index contributed by atoms with van der Waals surface area (Å²) < 4.78 is 0. The van der Waals surface area contributed by atoms with E-state index in [2.05, 4.69) is 50.3 Å². The van der Waals surface area contributed by atoms with Crippen molar-refractivity contribution in [2.24, 2.45) is 5.92 Å². The van der Waals surface area contributed by atoms with Crippen molar-refractivity contribution in [2.45, 2.75) is 63.8 Å².